The van der Waals surface area contributed by atoms with Crippen LogP contribution in [0.4, 0.5) is 0 Å². The van der Waals surface area contributed by atoms with E-state index in [9.17, 15) is 4.79 Å². The summed E-state index contributed by atoms with van der Waals surface area (Å²) in [5, 5.41) is 0. The Morgan fingerprint density at radius 1 is 1.57 bits per heavy atom. The molecule has 1 aliphatic rings. The van der Waals surface area contributed by atoms with Crippen LogP contribution in [0.15, 0.2) is 0 Å². The molecule has 1 fully saturated rings. The molecule has 3 heteroatoms. The van der Waals surface area contributed by atoms with E-state index in [-0.39, 0.29) is 11.2 Å². The van der Waals surface area contributed by atoms with Gasteiger partial charge in [0.2, 0.25) is 5.78 Å². The van der Waals surface area contributed by atoms with Gasteiger partial charge in [-0.3, -0.25) is 4.79 Å². The van der Waals surface area contributed by atoms with Gasteiger partial charge in [-0.05, 0) is 17.8 Å². The number of rotatable bonds is 2. The molecule has 0 N–H and O–H groups in total. The molecule has 0 aromatic carbocycles. The molecule has 3 nitrogen and oxygen atoms in total. The third kappa shape index (κ3) is 2.10. The molecular formula is C11H18N2O. The minimum Gasteiger partial charge on any atom is -0.361 e. The first-order valence-electron chi connectivity index (χ1n) is 5.25. The molecule has 0 radical (unpaired) electrons. The Bertz CT molecular complexity index is 288. The summed E-state index contributed by atoms with van der Waals surface area (Å²) in [7, 11) is 0. The van der Waals surface area contributed by atoms with Gasteiger partial charge in [0, 0.05) is 6.42 Å². The highest BCUT2D eigenvalue weighted by atomic mass is 16.1. The van der Waals surface area contributed by atoms with E-state index in [0.29, 0.717) is 24.5 Å². The van der Waals surface area contributed by atoms with Gasteiger partial charge < -0.3 is 5.53 Å². The van der Waals surface area contributed by atoms with Crippen LogP contribution in [0, 0.1) is 11.3 Å². The van der Waals surface area contributed by atoms with Crippen LogP contribution < -0.4 is 0 Å². The highest BCUT2D eigenvalue weighted by Gasteiger charge is 2.38. The van der Waals surface area contributed by atoms with E-state index in [1.54, 1.807) is 0 Å². The molecule has 1 aliphatic carbocycles. The summed E-state index contributed by atoms with van der Waals surface area (Å²) in [5.41, 5.74) is 9.28. The smallest absolute Gasteiger partial charge is 0.334 e. The lowest BCUT2D eigenvalue weighted by atomic mass is 9.69. The second-order valence-electron chi connectivity index (χ2n) is 4.75. The Kier molecular flexibility index (Phi) is 3.22. The first-order chi connectivity index (χ1) is 6.51. The summed E-state index contributed by atoms with van der Waals surface area (Å²) >= 11 is 0. The molecule has 0 aromatic rings. The molecule has 1 unspecified atom stereocenters. The van der Waals surface area contributed by atoms with E-state index < -0.39 is 0 Å². The number of Topliss-reactive ketones (excluding diaryl/α,β-unsaturated/α-hetero) is 1. The van der Waals surface area contributed by atoms with Gasteiger partial charge in [-0.2, -0.15) is 4.79 Å². The van der Waals surface area contributed by atoms with Crippen molar-refractivity contribution in [3.05, 3.63) is 5.53 Å². The Hall–Kier alpha value is -0.950. The molecule has 0 aliphatic heterocycles. The molecule has 1 rings (SSSR count). The molecule has 0 amide bonds. The SMILES string of the molecule is CCC(C)(C)C1CCC(=O)C(=[N+]=[N-])C1. The summed E-state index contributed by atoms with van der Waals surface area (Å²) in [6.07, 6.45) is 3.19. The maximum Gasteiger partial charge on any atom is 0.334 e. The lowest BCUT2D eigenvalue weighted by molar-refractivity contribution is -0.119. The van der Waals surface area contributed by atoms with Gasteiger partial charge in [-0.25, -0.2) is 0 Å². The van der Waals surface area contributed by atoms with Gasteiger partial charge in [-0.15, -0.1) is 0 Å². The minimum absolute atomic E-state index is 0.00986. The lowest BCUT2D eigenvalue weighted by Crippen LogP contribution is -2.34. The number of nitrogens with zero attached hydrogens (tertiary/aromatic N) is 2. The number of hydrogen-bond acceptors (Lipinski definition) is 1. The zero-order valence-electron chi connectivity index (χ0n) is 9.21. The van der Waals surface area contributed by atoms with Gasteiger partial charge >= 0.3 is 5.71 Å². The highest BCUT2D eigenvalue weighted by Crippen LogP contribution is 2.38. The van der Waals surface area contributed by atoms with Crippen molar-refractivity contribution in [2.45, 2.75) is 46.5 Å². The monoisotopic (exact) mass is 194 g/mol. The van der Waals surface area contributed by atoms with Crippen molar-refractivity contribution < 1.29 is 9.58 Å². The lowest BCUT2D eigenvalue weighted by Gasteiger charge is -2.34. The van der Waals surface area contributed by atoms with Crippen molar-refractivity contribution in [2.24, 2.45) is 11.3 Å². The van der Waals surface area contributed by atoms with E-state index in [4.69, 9.17) is 5.53 Å². The van der Waals surface area contributed by atoms with Gasteiger partial charge in [-0.1, -0.05) is 27.2 Å². The van der Waals surface area contributed by atoms with Crippen molar-refractivity contribution in [3.8, 4) is 0 Å². The Labute approximate surface area is 85.1 Å². The van der Waals surface area contributed by atoms with Crippen LogP contribution in [0.2, 0.25) is 0 Å². The van der Waals surface area contributed by atoms with Crippen LogP contribution in [-0.4, -0.2) is 16.3 Å². The maximum atomic E-state index is 11.3. The van der Waals surface area contributed by atoms with E-state index in [2.05, 4.69) is 25.6 Å². The molecule has 78 valence electrons. The van der Waals surface area contributed by atoms with Gasteiger partial charge in [0.1, 0.15) is 0 Å². The Morgan fingerprint density at radius 2 is 2.21 bits per heavy atom. The molecule has 0 saturated heterocycles. The van der Waals surface area contributed by atoms with Crippen LogP contribution in [0.5, 0.6) is 0 Å². The molecule has 0 bridgehead atoms. The fraction of sp³-hybridized carbons (Fsp3) is 0.818. The standard InChI is InChI=1S/C11H18N2O/c1-4-11(2,3)8-5-6-10(14)9(7-8)13-12/h8H,4-7H2,1-3H3. The van der Waals surface area contributed by atoms with Crippen LogP contribution in [0.1, 0.15) is 46.5 Å². The summed E-state index contributed by atoms with van der Waals surface area (Å²) < 4.78 is 0. The van der Waals surface area contributed by atoms with Crippen molar-refractivity contribution >= 4 is 11.5 Å². The van der Waals surface area contributed by atoms with E-state index in [1.807, 2.05) is 0 Å². The topological polar surface area (TPSA) is 53.5 Å². The van der Waals surface area contributed by atoms with Crippen LogP contribution in [0.3, 0.4) is 0 Å². The third-order valence-corrected chi connectivity index (χ3v) is 3.62. The molecule has 14 heavy (non-hydrogen) atoms. The highest BCUT2D eigenvalue weighted by molar-refractivity contribution is 6.38. The number of ketones is 1. The van der Waals surface area contributed by atoms with Gasteiger partial charge in [0.05, 0.1) is 6.42 Å². The van der Waals surface area contributed by atoms with E-state index in [1.165, 1.54) is 0 Å². The van der Waals surface area contributed by atoms with Gasteiger partial charge in [0.25, 0.3) is 0 Å². The average molecular weight is 194 g/mol. The Morgan fingerprint density at radius 3 is 2.71 bits per heavy atom. The number of hydrogen-bond donors (Lipinski definition) is 0. The third-order valence-electron chi connectivity index (χ3n) is 3.62. The second kappa shape index (κ2) is 4.05. The van der Waals surface area contributed by atoms with Crippen LogP contribution >= 0.6 is 0 Å². The zero-order chi connectivity index (χ0) is 10.8. The predicted molar refractivity (Wildman–Crippen MR) is 55.0 cm³/mol. The maximum absolute atomic E-state index is 11.3. The molecule has 0 spiro atoms. The number of carbonyl (C=O) groups excluding carboxylic acids is 1. The molecule has 0 heterocycles. The normalized spacial score (nSPS) is 23.5. The fourth-order valence-corrected chi connectivity index (χ4v) is 1.95. The molecule has 1 saturated carbocycles. The van der Waals surface area contributed by atoms with Crippen molar-refractivity contribution in [1.82, 2.24) is 0 Å². The minimum atomic E-state index is 0.00986. The molecular weight excluding hydrogens is 176 g/mol. The first-order valence-corrected chi connectivity index (χ1v) is 5.25. The first kappa shape index (κ1) is 11.1. The second-order valence-corrected chi connectivity index (χ2v) is 4.75. The Balaban J connectivity index is 2.78. The van der Waals surface area contributed by atoms with Crippen molar-refractivity contribution in [2.75, 3.05) is 0 Å². The van der Waals surface area contributed by atoms with E-state index >= 15 is 0 Å². The summed E-state index contributed by atoms with van der Waals surface area (Å²) in [4.78, 5) is 14.4. The van der Waals surface area contributed by atoms with Crippen molar-refractivity contribution in [1.29, 1.82) is 0 Å². The van der Waals surface area contributed by atoms with Gasteiger partial charge in [0.15, 0.2) is 0 Å². The largest absolute Gasteiger partial charge is 0.361 e. The van der Waals surface area contributed by atoms with E-state index in [0.717, 1.165) is 12.8 Å². The quantitative estimate of drug-likeness (QED) is 0.492. The van der Waals surface area contributed by atoms with Crippen LogP contribution in [-0.2, 0) is 4.79 Å². The summed E-state index contributed by atoms with van der Waals surface area (Å²) in [6, 6.07) is 0. The average Bonchev–Trinajstić information content (AvgIpc) is 2.18. The fourth-order valence-electron chi connectivity index (χ4n) is 1.95. The molecule has 1 atom stereocenters. The van der Waals surface area contributed by atoms with Crippen molar-refractivity contribution in [3.63, 3.8) is 0 Å². The van der Waals surface area contributed by atoms with Crippen LogP contribution in [0.25, 0.3) is 5.53 Å². The zero-order valence-corrected chi connectivity index (χ0v) is 9.21. The summed E-state index contributed by atoms with van der Waals surface area (Å²) in [6.45, 7) is 6.58. The summed E-state index contributed by atoms with van der Waals surface area (Å²) in [5.74, 6) is 0.478. The predicted octanol–water partition coefficient (Wildman–Crippen LogP) is 2.46. The number of carbonyl (C=O) groups is 1. The molecule has 0 aromatic heterocycles.